The number of fused-ring (bicyclic) bond motifs is 1. The fourth-order valence-corrected chi connectivity index (χ4v) is 2.08. The highest BCUT2D eigenvalue weighted by atomic mass is 19.1. The zero-order valence-electron chi connectivity index (χ0n) is 10.6. The molecule has 2 nitrogen and oxygen atoms in total. The van der Waals surface area contributed by atoms with Crippen LogP contribution in [0, 0.1) is 5.82 Å². The lowest BCUT2D eigenvalue weighted by Gasteiger charge is -2.12. The molecular weight excluding hydrogens is 241 g/mol. The van der Waals surface area contributed by atoms with Gasteiger partial charge in [0.2, 0.25) is 0 Å². The Balaban J connectivity index is 1.83. The van der Waals surface area contributed by atoms with Crippen LogP contribution in [0.4, 0.5) is 10.1 Å². The summed E-state index contributed by atoms with van der Waals surface area (Å²) < 4.78 is 18.6. The number of anilines is 1. The van der Waals surface area contributed by atoms with Crippen molar-refractivity contribution in [3.8, 4) is 0 Å². The monoisotopic (exact) mass is 255 g/mol. The molecule has 0 spiro atoms. The molecule has 0 radical (unpaired) electrons. The minimum absolute atomic E-state index is 0.0258. The van der Waals surface area contributed by atoms with Crippen molar-refractivity contribution in [1.82, 2.24) is 0 Å². The van der Waals surface area contributed by atoms with E-state index in [0.29, 0.717) is 0 Å². The van der Waals surface area contributed by atoms with Crippen molar-refractivity contribution in [1.29, 1.82) is 0 Å². The maximum atomic E-state index is 12.8. The van der Waals surface area contributed by atoms with Crippen molar-refractivity contribution < 1.29 is 8.81 Å². The molecule has 1 atom stereocenters. The second-order valence-corrected chi connectivity index (χ2v) is 4.56. The van der Waals surface area contributed by atoms with Crippen LogP contribution in [-0.2, 0) is 0 Å². The van der Waals surface area contributed by atoms with E-state index in [2.05, 4.69) is 5.32 Å². The number of furan rings is 1. The normalized spacial score (nSPS) is 12.5. The molecule has 0 amide bonds. The molecule has 3 rings (SSSR count). The van der Waals surface area contributed by atoms with Crippen molar-refractivity contribution in [2.45, 2.75) is 13.0 Å². The van der Waals surface area contributed by atoms with E-state index in [-0.39, 0.29) is 11.9 Å². The fraction of sp³-hybridized carbons (Fsp3) is 0.125. The Kier molecular flexibility index (Phi) is 2.95. The Morgan fingerprint density at radius 3 is 2.53 bits per heavy atom. The van der Waals surface area contributed by atoms with Crippen LogP contribution in [0.3, 0.4) is 0 Å². The van der Waals surface area contributed by atoms with E-state index in [1.165, 1.54) is 12.1 Å². The van der Waals surface area contributed by atoms with Crippen LogP contribution in [-0.4, -0.2) is 0 Å². The number of nitrogens with one attached hydrogen (secondary N) is 1. The van der Waals surface area contributed by atoms with Gasteiger partial charge < -0.3 is 9.73 Å². The quantitative estimate of drug-likeness (QED) is 0.731. The SMILES string of the molecule is CC(Nc1ccc(F)cc1)c1cc2ccccc2o1. The summed E-state index contributed by atoms with van der Waals surface area (Å²) >= 11 is 0. The van der Waals surface area contributed by atoms with E-state index < -0.39 is 0 Å². The van der Waals surface area contributed by atoms with Gasteiger partial charge in [0.1, 0.15) is 17.2 Å². The maximum Gasteiger partial charge on any atom is 0.134 e. The first kappa shape index (κ1) is 11.8. The van der Waals surface area contributed by atoms with E-state index in [4.69, 9.17) is 4.42 Å². The topological polar surface area (TPSA) is 25.2 Å². The smallest absolute Gasteiger partial charge is 0.134 e. The first-order chi connectivity index (χ1) is 9.22. The Bertz CT molecular complexity index is 654. The molecule has 0 aliphatic rings. The highest BCUT2D eigenvalue weighted by Gasteiger charge is 2.11. The first-order valence-electron chi connectivity index (χ1n) is 6.23. The lowest BCUT2D eigenvalue weighted by atomic mass is 10.2. The molecule has 0 aliphatic heterocycles. The second kappa shape index (κ2) is 4.76. The summed E-state index contributed by atoms with van der Waals surface area (Å²) in [6.45, 7) is 2.01. The number of halogens is 1. The Hall–Kier alpha value is -2.29. The van der Waals surface area contributed by atoms with Crippen LogP contribution in [0.1, 0.15) is 18.7 Å². The molecule has 0 bridgehead atoms. The van der Waals surface area contributed by atoms with Gasteiger partial charge in [0.25, 0.3) is 0 Å². The Morgan fingerprint density at radius 1 is 1.05 bits per heavy atom. The molecule has 1 heterocycles. The average molecular weight is 255 g/mol. The molecule has 0 saturated heterocycles. The molecule has 19 heavy (non-hydrogen) atoms. The standard InChI is InChI=1S/C16H14FNO/c1-11(18-14-8-6-13(17)7-9-14)16-10-12-4-2-3-5-15(12)19-16/h2-11,18H,1H3. The van der Waals surface area contributed by atoms with Gasteiger partial charge in [-0.15, -0.1) is 0 Å². The Labute approximate surface area is 110 Å². The molecule has 3 aromatic rings. The lowest BCUT2D eigenvalue weighted by Crippen LogP contribution is -2.05. The number of benzene rings is 2. The minimum atomic E-state index is -0.234. The molecule has 0 fully saturated rings. The van der Waals surface area contributed by atoms with Gasteiger partial charge in [-0.25, -0.2) is 4.39 Å². The lowest BCUT2D eigenvalue weighted by molar-refractivity contribution is 0.526. The van der Waals surface area contributed by atoms with Gasteiger partial charge in [0, 0.05) is 11.1 Å². The molecule has 1 unspecified atom stereocenters. The third-order valence-corrected chi connectivity index (χ3v) is 3.10. The first-order valence-corrected chi connectivity index (χ1v) is 6.23. The van der Waals surface area contributed by atoms with E-state index in [1.807, 2.05) is 37.3 Å². The van der Waals surface area contributed by atoms with Crippen molar-refractivity contribution >= 4 is 16.7 Å². The third-order valence-electron chi connectivity index (χ3n) is 3.10. The van der Waals surface area contributed by atoms with Crippen molar-refractivity contribution in [3.05, 3.63) is 66.2 Å². The molecule has 1 N–H and O–H groups in total. The van der Waals surface area contributed by atoms with Gasteiger partial charge in [0.05, 0.1) is 6.04 Å². The minimum Gasteiger partial charge on any atom is -0.459 e. The average Bonchev–Trinajstić information content (AvgIpc) is 2.85. The van der Waals surface area contributed by atoms with Crippen LogP contribution in [0.15, 0.2) is 59.0 Å². The van der Waals surface area contributed by atoms with Crippen LogP contribution in [0.2, 0.25) is 0 Å². The molecule has 1 aromatic heterocycles. The predicted molar refractivity (Wildman–Crippen MR) is 74.7 cm³/mol. The highest BCUT2D eigenvalue weighted by molar-refractivity contribution is 5.77. The highest BCUT2D eigenvalue weighted by Crippen LogP contribution is 2.26. The van der Waals surface area contributed by atoms with E-state index in [0.717, 1.165) is 22.4 Å². The third kappa shape index (κ3) is 2.45. The summed E-state index contributed by atoms with van der Waals surface area (Å²) in [5.41, 5.74) is 1.75. The van der Waals surface area contributed by atoms with Gasteiger partial charge in [-0.3, -0.25) is 0 Å². The summed E-state index contributed by atoms with van der Waals surface area (Å²) in [5.74, 6) is 0.632. The van der Waals surface area contributed by atoms with Gasteiger partial charge >= 0.3 is 0 Å². The van der Waals surface area contributed by atoms with Crippen molar-refractivity contribution in [2.24, 2.45) is 0 Å². The zero-order chi connectivity index (χ0) is 13.2. The Morgan fingerprint density at radius 2 is 1.79 bits per heavy atom. The second-order valence-electron chi connectivity index (χ2n) is 4.56. The van der Waals surface area contributed by atoms with Gasteiger partial charge in [-0.1, -0.05) is 18.2 Å². The number of hydrogen-bond acceptors (Lipinski definition) is 2. The van der Waals surface area contributed by atoms with E-state index in [9.17, 15) is 4.39 Å². The number of rotatable bonds is 3. The maximum absolute atomic E-state index is 12.8. The summed E-state index contributed by atoms with van der Waals surface area (Å²) in [7, 11) is 0. The van der Waals surface area contributed by atoms with Crippen LogP contribution in [0.5, 0.6) is 0 Å². The molecule has 96 valence electrons. The summed E-state index contributed by atoms with van der Waals surface area (Å²) in [6, 6.07) is 16.3. The molecule has 0 saturated carbocycles. The number of para-hydroxylation sites is 1. The summed E-state index contributed by atoms with van der Waals surface area (Å²) in [6.07, 6.45) is 0. The van der Waals surface area contributed by atoms with Crippen LogP contribution < -0.4 is 5.32 Å². The molecule has 0 aliphatic carbocycles. The van der Waals surface area contributed by atoms with Crippen LogP contribution in [0.25, 0.3) is 11.0 Å². The molecular formula is C16H14FNO. The van der Waals surface area contributed by atoms with Gasteiger partial charge in [0.15, 0.2) is 0 Å². The molecule has 2 aromatic carbocycles. The number of hydrogen-bond donors (Lipinski definition) is 1. The van der Waals surface area contributed by atoms with Crippen molar-refractivity contribution in [3.63, 3.8) is 0 Å². The van der Waals surface area contributed by atoms with E-state index >= 15 is 0 Å². The summed E-state index contributed by atoms with van der Waals surface area (Å²) in [5, 5.41) is 4.37. The van der Waals surface area contributed by atoms with Gasteiger partial charge in [-0.2, -0.15) is 0 Å². The predicted octanol–water partition coefficient (Wildman–Crippen LogP) is 4.75. The molecule has 3 heteroatoms. The summed E-state index contributed by atoms with van der Waals surface area (Å²) in [4.78, 5) is 0. The van der Waals surface area contributed by atoms with Crippen molar-refractivity contribution in [2.75, 3.05) is 5.32 Å². The van der Waals surface area contributed by atoms with E-state index in [1.54, 1.807) is 12.1 Å². The van der Waals surface area contributed by atoms with Gasteiger partial charge in [-0.05, 0) is 43.3 Å². The zero-order valence-corrected chi connectivity index (χ0v) is 10.6. The largest absolute Gasteiger partial charge is 0.459 e. The fourth-order valence-electron chi connectivity index (χ4n) is 2.08. The van der Waals surface area contributed by atoms with Crippen LogP contribution >= 0.6 is 0 Å².